The van der Waals surface area contributed by atoms with Crippen molar-refractivity contribution in [2.75, 3.05) is 0 Å². The summed E-state index contributed by atoms with van der Waals surface area (Å²) in [4.78, 5) is 0. The van der Waals surface area contributed by atoms with E-state index in [1.54, 1.807) is 0 Å². The molecule has 1 fully saturated rings. The molecule has 1 aliphatic rings. The van der Waals surface area contributed by atoms with Gasteiger partial charge in [-0.2, -0.15) is 0 Å². The van der Waals surface area contributed by atoms with E-state index in [0.29, 0.717) is 18.8 Å². The second kappa shape index (κ2) is 3.33. The molecule has 1 rings (SSSR count). The average Bonchev–Trinajstić information content (AvgIpc) is 1.95. The third kappa shape index (κ3) is 1.69. The largest absolute Gasteiger partial charge is 0.390 e. The number of aliphatic hydroxyl groups is 1. The maximum atomic E-state index is 12.8. The summed E-state index contributed by atoms with van der Waals surface area (Å²) in [5.41, 5.74) is 0. The van der Waals surface area contributed by atoms with Crippen LogP contribution in [0.25, 0.3) is 0 Å². The quantitative estimate of drug-likeness (QED) is 0.599. The third-order valence-corrected chi connectivity index (χ3v) is 2.42. The van der Waals surface area contributed by atoms with Gasteiger partial charge in [0.1, 0.15) is 6.17 Å². The first-order valence-corrected chi connectivity index (χ1v) is 4.06. The zero-order valence-corrected chi connectivity index (χ0v) is 6.39. The maximum absolute atomic E-state index is 12.8. The van der Waals surface area contributed by atoms with E-state index in [0.717, 1.165) is 12.8 Å². The SMILES string of the molecule is CCC1CCC(O)C(F)C1. The highest BCUT2D eigenvalue weighted by Gasteiger charge is 2.27. The van der Waals surface area contributed by atoms with E-state index in [9.17, 15) is 4.39 Å². The lowest BCUT2D eigenvalue weighted by molar-refractivity contribution is 0.0239. The summed E-state index contributed by atoms with van der Waals surface area (Å²) in [6.07, 6.45) is 1.63. The lowest BCUT2D eigenvalue weighted by Crippen LogP contribution is -2.30. The molecule has 3 unspecified atom stereocenters. The van der Waals surface area contributed by atoms with Gasteiger partial charge in [0.2, 0.25) is 0 Å². The Hall–Kier alpha value is -0.110. The minimum atomic E-state index is -0.960. The Bertz CT molecular complexity index is 105. The normalized spacial score (nSPS) is 41.7. The molecule has 0 amide bonds. The summed E-state index contributed by atoms with van der Waals surface area (Å²) in [5.74, 6) is 0.512. The van der Waals surface area contributed by atoms with Crippen molar-refractivity contribution in [3.05, 3.63) is 0 Å². The van der Waals surface area contributed by atoms with Crippen LogP contribution in [0.15, 0.2) is 0 Å². The van der Waals surface area contributed by atoms with Gasteiger partial charge in [0.15, 0.2) is 0 Å². The van der Waals surface area contributed by atoms with Crippen molar-refractivity contribution in [2.24, 2.45) is 5.92 Å². The third-order valence-electron chi connectivity index (χ3n) is 2.42. The fourth-order valence-corrected chi connectivity index (χ4v) is 1.55. The van der Waals surface area contributed by atoms with Gasteiger partial charge < -0.3 is 5.11 Å². The summed E-state index contributed by atoms with van der Waals surface area (Å²) >= 11 is 0. The Morgan fingerprint density at radius 2 is 2.20 bits per heavy atom. The summed E-state index contributed by atoms with van der Waals surface area (Å²) in [6.45, 7) is 2.08. The van der Waals surface area contributed by atoms with Gasteiger partial charge in [-0.3, -0.25) is 0 Å². The van der Waals surface area contributed by atoms with Crippen LogP contribution < -0.4 is 0 Å². The van der Waals surface area contributed by atoms with E-state index in [2.05, 4.69) is 6.92 Å². The van der Waals surface area contributed by atoms with Crippen LogP contribution in [-0.4, -0.2) is 17.4 Å². The molecule has 10 heavy (non-hydrogen) atoms. The van der Waals surface area contributed by atoms with Crippen LogP contribution in [0.2, 0.25) is 0 Å². The van der Waals surface area contributed by atoms with Gasteiger partial charge in [0, 0.05) is 0 Å². The van der Waals surface area contributed by atoms with E-state index < -0.39 is 12.3 Å². The van der Waals surface area contributed by atoms with Crippen LogP contribution in [0, 0.1) is 5.92 Å². The summed E-state index contributed by atoms with van der Waals surface area (Å²) in [6, 6.07) is 0. The summed E-state index contributed by atoms with van der Waals surface area (Å²) in [5, 5.41) is 9.02. The van der Waals surface area contributed by atoms with Gasteiger partial charge in [0.25, 0.3) is 0 Å². The Morgan fingerprint density at radius 3 is 2.70 bits per heavy atom. The van der Waals surface area contributed by atoms with Crippen LogP contribution >= 0.6 is 0 Å². The highest BCUT2D eigenvalue weighted by molar-refractivity contribution is 4.78. The van der Waals surface area contributed by atoms with Crippen LogP contribution in [0.1, 0.15) is 32.6 Å². The molecule has 0 aromatic heterocycles. The molecule has 0 heterocycles. The first-order valence-electron chi connectivity index (χ1n) is 4.06. The fourth-order valence-electron chi connectivity index (χ4n) is 1.55. The number of hydrogen-bond acceptors (Lipinski definition) is 1. The van der Waals surface area contributed by atoms with Crippen LogP contribution in [0.5, 0.6) is 0 Å². The lowest BCUT2D eigenvalue weighted by Gasteiger charge is -2.27. The molecule has 1 nitrogen and oxygen atoms in total. The smallest absolute Gasteiger partial charge is 0.126 e. The second-order valence-electron chi connectivity index (χ2n) is 3.17. The summed E-state index contributed by atoms with van der Waals surface area (Å²) < 4.78 is 12.8. The average molecular weight is 146 g/mol. The molecule has 0 aliphatic heterocycles. The summed E-state index contributed by atoms with van der Waals surface area (Å²) in [7, 11) is 0. The van der Waals surface area contributed by atoms with Gasteiger partial charge in [-0.05, 0) is 25.2 Å². The molecule has 3 atom stereocenters. The minimum absolute atomic E-state index is 0.512. The van der Waals surface area contributed by atoms with Crippen LogP contribution in [-0.2, 0) is 0 Å². The molecule has 1 saturated carbocycles. The van der Waals surface area contributed by atoms with Gasteiger partial charge >= 0.3 is 0 Å². The number of aliphatic hydroxyl groups excluding tert-OH is 1. The molecule has 60 valence electrons. The van der Waals surface area contributed by atoms with E-state index in [4.69, 9.17) is 5.11 Å². The maximum Gasteiger partial charge on any atom is 0.126 e. The zero-order valence-electron chi connectivity index (χ0n) is 6.39. The fraction of sp³-hybridized carbons (Fsp3) is 1.00. The van der Waals surface area contributed by atoms with Crippen LogP contribution in [0.3, 0.4) is 0 Å². The molecule has 0 aromatic carbocycles. The molecular formula is C8H15FO. The Labute approximate surface area is 61.2 Å². The Balaban J connectivity index is 2.33. The van der Waals surface area contributed by atoms with Crippen molar-refractivity contribution in [1.29, 1.82) is 0 Å². The van der Waals surface area contributed by atoms with Crippen molar-refractivity contribution in [1.82, 2.24) is 0 Å². The van der Waals surface area contributed by atoms with Gasteiger partial charge in [-0.1, -0.05) is 13.3 Å². The second-order valence-corrected chi connectivity index (χ2v) is 3.17. The van der Waals surface area contributed by atoms with E-state index >= 15 is 0 Å². The van der Waals surface area contributed by atoms with Crippen molar-refractivity contribution in [3.8, 4) is 0 Å². The number of halogens is 1. The number of alkyl halides is 1. The lowest BCUT2D eigenvalue weighted by atomic mass is 9.85. The minimum Gasteiger partial charge on any atom is -0.390 e. The van der Waals surface area contributed by atoms with E-state index in [-0.39, 0.29) is 0 Å². The van der Waals surface area contributed by atoms with Crippen molar-refractivity contribution in [3.63, 3.8) is 0 Å². The Morgan fingerprint density at radius 1 is 1.50 bits per heavy atom. The highest BCUT2D eigenvalue weighted by Crippen LogP contribution is 2.28. The molecule has 2 heteroatoms. The Kier molecular flexibility index (Phi) is 2.66. The van der Waals surface area contributed by atoms with Crippen molar-refractivity contribution < 1.29 is 9.50 Å². The van der Waals surface area contributed by atoms with Gasteiger partial charge in [-0.15, -0.1) is 0 Å². The van der Waals surface area contributed by atoms with Crippen molar-refractivity contribution >= 4 is 0 Å². The molecule has 0 spiro atoms. The van der Waals surface area contributed by atoms with Gasteiger partial charge in [0.05, 0.1) is 6.10 Å². The van der Waals surface area contributed by atoms with E-state index in [1.165, 1.54) is 0 Å². The first-order chi connectivity index (χ1) is 4.74. The number of rotatable bonds is 1. The predicted octanol–water partition coefficient (Wildman–Crippen LogP) is 1.90. The first kappa shape index (κ1) is 7.99. The molecule has 1 aliphatic carbocycles. The molecule has 0 aromatic rings. The van der Waals surface area contributed by atoms with Crippen LogP contribution in [0.4, 0.5) is 4.39 Å². The number of hydrogen-bond donors (Lipinski definition) is 1. The van der Waals surface area contributed by atoms with Crippen molar-refractivity contribution in [2.45, 2.75) is 44.9 Å². The molecule has 1 N–H and O–H groups in total. The van der Waals surface area contributed by atoms with E-state index in [1.807, 2.05) is 0 Å². The standard InChI is InChI=1S/C8H15FO/c1-2-6-3-4-8(10)7(9)5-6/h6-8,10H,2-5H2,1H3. The monoisotopic (exact) mass is 146 g/mol. The molecule has 0 radical (unpaired) electrons. The van der Waals surface area contributed by atoms with Gasteiger partial charge in [-0.25, -0.2) is 4.39 Å². The highest BCUT2D eigenvalue weighted by atomic mass is 19.1. The zero-order chi connectivity index (χ0) is 7.56. The molecular weight excluding hydrogens is 131 g/mol. The topological polar surface area (TPSA) is 20.2 Å². The molecule has 0 bridgehead atoms. The molecule has 0 saturated heterocycles. The predicted molar refractivity (Wildman–Crippen MR) is 38.5 cm³/mol.